The van der Waals surface area contributed by atoms with Gasteiger partial charge in [0.25, 0.3) is 0 Å². The van der Waals surface area contributed by atoms with Crippen molar-refractivity contribution in [3.8, 4) is 11.4 Å². The van der Waals surface area contributed by atoms with E-state index in [0.29, 0.717) is 29.3 Å². The summed E-state index contributed by atoms with van der Waals surface area (Å²) in [6.07, 6.45) is 7.96. The van der Waals surface area contributed by atoms with E-state index < -0.39 is 0 Å². The summed E-state index contributed by atoms with van der Waals surface area (Å²) in [6, 6.07) is 7.79. The van der Waals surface area contributed by atoms with E-state index in [9.17, 15) is 4.79 Å². The number of rotatable bonds is 5. The van der Waals surface area contributed by atoms with E-state index in [1.54, 1.807) is 0 Å². The molecule has 2 aromatic rings. The van der Waals surface area contributed by atoms with E-state index in [-0.39, 0.29) is 11.8 Å². The topological polar surface area (TPSA) is 71.3 Å². The predicted octanol–water partition coefficient (Wildman–Crippen LogP) is 4.05. The average molecular weight is 403 g/mol. The van der Waals surface area contributed by atoms with E-state index in [0.717, 1.165) is 44.3 Å². The third-order valence-electron chi connectivity index (χ3n) is 5.74. The molecule has 1 N–H and O–H groups in total. The van der Waals surface area contributed by atoms with Gasteiger partial charge in [-0.05, 0) is 44.4 Å². The number of benzene rings is 1. The highest BCUT2D eigenvalue weighted by molar-refractivity contribution is 6.30. The quantitative estimate of drug-likeness (QED) is 0.816. The lowest BCUT2D eigenvalue weighted by Crippen LogP contribution is -2.46. The van der Waals surface area contributed by atoms with Crippen LogP contribution in [0.2, 0.25) is 5.02 Å². The smallest absolute Gasteiger partial charge is 0.241 e. The predicted molar refractivity (Wildman–Crippen MR) is 108 cm³/mol. The number of amides is 1. The molecule has 0 radical (unpaired) electrons. The fraction of sp³-hybridized carbons (Fsp3) is 0.571. The van der Waals surface area contributed by atoms with Gasteiger partial charge in [0.15, 0.2) is 0 Å². The van der Waals surface area contributed by atoms with Gasteiger partial charge >= 0.3 is 0 Å². The number of halogens is 1. The van der Waals surface area contributed by atoms with Crippen molar-refractivity contribution in [2.75, 3.05) is 13.1 Å². The Labute approximate surface area is 170 Å². The zero-order valence-corrected chi connectivity index (χ0v) is 16.8. The van der Waals surface area contributed by atoms with Gasteiger partial charge in [0.1, 0.15) is 0 Å². The number of nitrogens with one attached hydrogen (secondary N) is 1. The maximum absolute atomic E-state index is 12.7. The Balaban J connectivity index is 1.33. The number of hydrogen-bond donors (Lipinski definition) is 1. The van der Waals surface area contributed by atoms with Gasteiger partial charge in [-0.2, -0.15) is 4.98 Å². The summed E-state index contributed by atoms with van der Waals surface area (Å²) in [4.78, 5) is 19.4. The number of carbonyl (C=O) groups excluding carboxylic acids is 1. The van der Waals surface area contributed by atoms with Crippen LogP contribution in [0, 0.1) is 5.92 Å². The van der Waals surface area contributed by atoms with Gasteiger partial charge in [-0.15, -0.1) is 0 Å². The van der Waals surface area contributed by atoms with Crippen molar-refractivity contribution in [2.24, 2.45) is 5.92 Å². The van der Waals surface area contributed by atoms with E-state index in [2.05, 4.69) is 20.4 Å². The molecule has 2 aliphatic rings. The second-order valence-corrected chi connectivity index (χ2v) is 8.38. The minimum absolute atomic E-state index is 0.0472. The van der Waals surface area contributed by atoms with Crippen LogP contribution < -0.4 is 5.32 Å². The molecule has 2 fully saturated rings. The third-order valence-corrected chi connectivity index (χ3v) is 5.97. The number of nitrogens with zero attached hydrogens (tertiary/aromatic N) is 3. The van der Waals surface area contributed by atoms with E-state index in [1.807, 2.05) is 24.3 Å². The summed E-state index contributed by atoms with van der Waals surface area (Å²) in [5, 5.41) is 7.99. The minimum atomic E-state index is 0.0472. The molecular weight excluding hydrogens is 376 g/mol. The molecular formula is C21H27ClN4O2. The fourth-order valence-electron chi connectivity index (χ4n) is 4.23. The summed E-state index contributed by atoms with van der Waals surface area (Å²) >= 11 is 6.04. The number of aromatic nitrogens is 2. The van der Waals surface area contributed by atoms with Gasteiger partial charge < -0.3 is 9.84 Å². The van der Waals surface area contributed by atoms with Crippen LogP contribution in [-0.4, -0.2) is 40.1 Å². The second-order valence-electron chi connectivity index (χ2n) is 7.94. The van der Waals surface area contributed by atoms with Crippen molar-refractivity contribution < 1.29 is 9.32 Å². The first-order valence-electron chi connectivity index (χ1n) is 10.3. The summed E-state index contributed by atoms with van der Waals surface area (Å²) in [5.41, 5.74) is 0.839. The molecule has 1 atom stereocenters. The average Bonchev–Trinajstić information content (AvgIpc) is 3.17. The van der Waals surface area contributed by atoms with Crippen LogP contribution in [0.25, 0.3) is 11.4 Å². The highest BCUT2D eigenvalue weighted by atomic mass is 35.5. The van der Waals surface area contributed by atoms with Gasteiger partial charge in [-0.25, -0.2) is 0 Å². The van der Waals surface area contributed by atoms with Crippen LogP contribution in [0.1, 0.15) is 50.8 Å². The summed E-state index contributed by atoms with van der Waals surface area (Å²) in [6.45, 7) is 2.26. The van der Waals surface area contributed by atoms with E-state index in [1.165, 1.54) is 19.3 Å². The van der Waals surface area contributed by atoms with Gasteiger partial charge in [0.2, 0.25) is 17.6 Å². The normalized spacial score (nSPS) is 21.5. The molecule has 1 aliphatic carbocycles. The van der Waals surface area contributed by atoms with Crippen LogP contribution in [0.15, 0.2) is 28.8 Å². The molecule has 1 amide bonds. The molecule has 6 nitrogen and oxygen atoms in total. The summed E-state index contributed by atoms with van der Waals surface area (Å²) in [7, 11) is 0. The molecule has 2 heterocycles. The maximum Gasteiger partial charge on any atom is 0.241 e. The Hall–Kier alpha value is -1.92. The second kappa shape index (κ2) is 9.05. The van der Waals surface area contributed by atoms with Crippen molar-refractivity contribution in [1.29, 1.82) is 0 Å². The molecule has 150 valence electrons. The number of piperidine rings is 1. The Morgan fingerprint density at radius 1 is 1.21 bits per heavy atom. The van der Waals surface area contributed by atoms with Gasteiger partial charge in [0, 0.05) is 23.2 Å². The van der Waals surface area contributed by atoms with Crippen molar-refractivity contribution in [1.82, 2.24) is 20.4 Å². The van der Waals surface area contributed by atoms with Gasteiger partial charge in [-0.1, -0.05) is 48.2 Å². The highest BCUT2D eigenvalue weighted by Gasteiger charge is 2.28. The molecule has 1 aliphatic heterocycles. The van der Waals surface area contributed by atoms with Crippen molar-refractivity contribution in [3.05, 3.63) is 35.2 Å². The number of hydrogen-bond acceptors (Lipinski definition) is 5. The minimum Gasteiger partial charge on any atom is -0.353 e. The molecule has 0 bridgehead atoms. The molecule has 1 unspecified atom stereocenters. The lowest BCUT2D eigenvalue weighted by atomic mass is 9.93. The first-order valence-corrected chi connectivity index (χ1v) is 10.7. The molecule has 4 rings (SSSR count). The van der Waals surface area contributed by atoms with Crippen molar-refractivity contribution in [2.45, 2.75) is 57.5 Å². The highest BCUT2D eigenvalue weighted by Crippen LogP contribution is 2.23. The molecule has 1 aromatic carbocycles. The van der Waals surface area contributed by atoms with Crippen molar-refractivity contribution >= 4 is 17.5 Å². The molecule has 1 aromatic heterocycles. The lowest BCUT2D eigenvalue weighted by molar-refractivity contribution is -0.127. The summed E-state index contributed by atoms with van der Waals surface area (Å²) in [5.74, 6) is 1.37. The number of carbonyl (C=O) groups is 1. The van der Waals surface area contributed by atoms with Crippen LogP contribution in [0.4, 0.5) is 0 Å². The molecule has 28 heavy (non-hydrogen) atoms. The summed E-state index contributed by atoms with van der Waals surface area (Å²) < 4.78 is 5.43. The Morgan fingerprint density at radius 2 is 2.07 bits per heavy atom. The van der Waals surface area contributed by atoms with Crippen LogP contribution in [-0.2, 0) is 11.3 Å². The Kier molecular flexibility index (Phi) is 6.27. The SMILES string of the molecule is O=C(NC1CCCCC1)C1CCCN(Cc2nc(-c3cccc(Cl)c3)no2)C1. The Bertz CT molecular complexity index is 803. The molecule has 0 spiro atoms. The molecule has 1 saturated carbocycles. The molecule has 7 heteroatoms. The Morgan fingerprint density at radius 3 is 2.89 bits per heavy atom. The van der Waals surface area contributed by atoms with Gasteiger partial charge in [0.05, 0.1) is 12.5 Å². The van der Waals surface area contributed by atoms with Crippen LogP contribution >= 0.6 is 11.6 Å². The van der Waals surface area contributed by atoms with E-state index >= 15 is 0 Å². The first kappa shape index (κ1) is 19.4. The lowest BCUT2D eigenvalue weighted by Gasteiger charge is -2.32. The van der Waals surface area contributed by atoms with Gasteiger partial charge in [-0.3, -0.25) is 9.69 Å². The standard InChI is InChI=1S/C21H27ClN4O2/c22-17-8-4-6-15(12-17)20-24-19(28-25-20)14-26-11-5-7-16(13-26)21(27)23-18-9-2-1-3-10-18/h4,6,8,12,16,18H,1-3,5,7,9-11,13-14H2,(H,23,27). The fourth-order valence-corrected chi connectivity index (χ4v) is 4.42. The maximum atomic E-state index is 12.7. The number of likely N-dealkylation sites (tertiary alicyclic amines) is 1. The van der Waals surface area contributed by atoms with Crippen molar-refractivity contribution in [3.63, 3.8) is 0 Å². The zero-order chi connectivity index (χ0) is 19.3. The zero-order valence-electron chi connectivity index (χ0n) is 16.1. The first-order chi connectivity index (χ1) is 13.7. The largest absolute Gasteiger partial charge is 0.353 e. The van der Waals surface area contributed by atoms with Crippen LogP contribution in [0.3, 0.4) is 0 Å². The third kappa shape index (κ3) is 4.92. The van der Waals surface area contributed by atoms with Crippen LogP contribution in [0.5, 0.6) is 0 Å². The molecule has 1 saturated heterocycles. The van der Waals surface area contributed by atoms with E-state index in [4.69, 9.17) is 16.1 Å². The monoisotopic (exact) mass is 402 g/mol.